The fraction of sp³-hybridized carbons (Fsp3) is 0.179. The number of fused-ring (bicyclic) bond motifs is 1. The first kappa shape index (κ1) is 21.6. The summed E-state index contributed by atoms with van der Waals surface area (Å²) in [5, 5.41) is 10.8. The van der Waals surface area contributed by atoms with Crippen molar-refractivity contribution in [2.24, 2.45) is 0 Å². The van der Waals surface area contributed by atoms with Crippen LogP contribution in [-0.2, 0) is 11.2 Å². The summed E-state index contributed by atoms with van der Waals surface area (Å²) in [6.07, 6.45) is 0.599. The van der Waals surface area contributed by atoms with Crippen LogP contribution in [0.1, 0.15) is 38.7 Å². The van der Waals surface area contributed by atoms with Crippen molar-refractivity contribution >= 4 is 17.6 Å². The first-order valence-corrected chi connectivity index (χ1v) is 11.4. The van der Waals surface area contributed by atoms with Crippen LogP contribution in [0, 0.1) is 13.8 Å². The number of aromatic nitrogens is 2. The minimum absolute atomic E-state index is 0.244. The van der Waals surface area contributed by atoms with Crippen LogP contribution in [0.5, 0.6) is 0 Å². The zero-order chi connectivity index (χ0) is 23.7. The molecule has 4 aromatic rings. The summed E-state index contributed by atoms with van der Waals surface area (Å²) in [6, 6.07) is 26.4. The molecule has 170 valence electrons. The highest BCUT2D eigenvalue weighted by Gasteiger charge is 2.40. The Hall–Kier alpha value is -4.19. The van der Waals surface area contributed by atoms with Crippen LogP contribution < -0.4 is 10.6 Å². The van der Waals surface area contributed by atoms with Gasteiger partial charge in [-0.1, -0.05) is 66.2 Å². The van der Waals surface area contributed by atoms with Gasteiger partial charge in [0.2, 0.25) is 5.91 Å². The summed E-state index contributed by atoms with van der Waals surface area (Å²) in [5.74, 6) is -0.113. The third kappa shape index (κ3) is 4.10. The fourth-order valence-corrected chi connectivity index (χ4v) is 4.67. The van der Waals surface area contributed by atoms with Crippen LogP contribution >= 0.6 is 0 Å². The van der Waals surface area contributed by atoms with Crippen LogP contribution in [-0.4, -0.2) is 27.6 Å². The molecule has 0 spiro atoms. The zero-order valence-corrected chi connectivity index (χ0v) is 19.2. The number of carbonyl (C=O) groups is 2. The number of para-hydroxylation sites is 1. The molecule has 0 saturated heterocycles. The summed E-state index contributed by atoms with van der Waals surface area (Å²) in [5.41, 5.74) is 5.26. The average Bonchev–Trinajstić information content (AvgIpc) is 3.18. The number of aryl methyl sites for hydroxylation is 2. The van der Waals surface area contributed by atoms with Gasteiger partial charge in [-0.2, -0.15) is 5.10 Å². The molecule has 0 unspecified atom stereocenters. The molecule has 2 amide bonds. The van der Waals surface area contributed by atoms with E-state index in [1.807, 2.05) is 92.7 Å². The molecular formula is C28H26N4O2. The number of hydrogen-bond acceptors (Lipinski definition) is 3. The van der Waals surface area contributed by atoms with E-state index >= 15 is 0 Å². The molecular weight excluding hydrogens is 424 g/mol. The van der Waals surface area contributed by atoms with Crippen molar-refractivity contribution in [3.8, 4) is 5.69 Å². The SMILES string of the molecule is Cc1cccc(C(=O)N[C@@H]2C(=O)Nc3c(c(C)nn3-c3ccccc3)[C@@H]2Cc2ccccc2)c1. The quantitative estimate of drug-likeness (QED) is 0.468. The van der Waals surface area contributed by atoms with Crippen LogP contribution in [0.2, 0.25) is 0 Å². The van der Waals surface area contributed by atoms with Gasteiger partial charge in [-0.15, -0.1) is 0 Å². The van der Waals surface area contributed by atoms with E-state index in [0.29, 0.717) is 17.8 Å². The minimum atomic E-state index is -0.729. The van der Waals surface area contributed by atoms with Gasteiger partial charge in [-0.05, 0) is 50.1 Å². The Bertz CT molecular complexity index is 1350. The highest BCUT2D eigenvalue weighted by molar-refractivity contribution is 6.03. The second kappa shape index (κ2) is 8.98. The maximum atomic E-state index is 13.4. The molecule has 0 bridgehead atoms. The Morgan fingerprint density at radius 2 is 1.68 bits per heavy atom. The fourth-order valence-electron chi connectivity index (χ4n) is 4.67. The van der Waals surface area contributed by atoms with E-state index in [-0.39, 0.29) is 17.7 Å². The lowest BCUT2D eigenvalue weighted by Gasteiger charge is -2.32. The van der Waals surface area contributed by atoms with E-state index in [0.717, 1.165) is 28.1 Å². The third-order valence-electron chi connectivity index (χ3n) is 6.27. The average molecular weight is 451 g/mol. The summed E-state index contributed by atoms with van der Waals surface area (Å²) in [6.45, 7) is 3.89. The molecule has 2 N–H and O–H groups in total. The van der Waals surface area contributed by atoms with Crippen LogP contribution in [0.4, 0.5) is 5.82 Å². The normalized spacial score (nSPS) is 17.1. The van der Waals surface area contributed by atoms with E-state index in [1.165, 1.54) is 0 Å². The molecule has 0 radical (unpaired) electrons. The predicted octanol–water partition coefficient (Wildman–Crippen LogP) is 4.57. The Morgan fingerprint density at radius 3 is 2.38 bits per heavy atom. The van der Waals surface area contributed by atoms with Gasteiger partial charge in [0.15, 0.2) is 0 Å². The van der Waals surface area contributed by atoms with E-state index in [1.54, 1.807) is 10.7 Å². The van der Waals surface area contributed by atoms with Crippen molar-refractivity contribution in [1.82, 2.24) is 15.1 Å². The number of anilines is 1. The van der Waals surface area contributed by atoms with Gasteiger partial charge >= 0.3 is 0 Å². The monoisotopic (exact) mass is 450 g/mol. The molecule has 2 heterocycles. The Kier molecular flexibility index (Phi) is 5.72. The Balaban J connectivity index is 1.57. The predicted molar refractivity (Wildman–Crippen MR) is 132 cm³/mol. The first-order valence-electron chi connectivity index (χ1n) is 11.4. The molecule has 0 aliphatic carbocycles. The summed E-state index contributed by atoms with van der Waals surface area (Å²) < 4.78 is 1.78. The smallest absolute Gasteiger partial charge is 0.251 e. The first-order chi connectivity index (χ1) is 16.5. The van der Waals surface area contributed by atoms with Gasteiger partial charge in [0.25, 0.3) is 5.91 Å². The van der Waals surface area contributed by atoms with Crippen LogP contribution in [0.25, 0.3) is 5.69 Å². The molecule has 5 rings (SSSR count). The summed E-state index contributed by atoms with van der Waals surface area (Å²) >= 11 is 0. The number of benzene rings is 3. The van der Waals surface area contributed by atoms with Gasteiger partial charge in [-0.25, -0.2) is 4.68 Å². The van der Waals surface area contributed by atoms with Crippen LogP contribution in [0.3, 0.4) is 0 Å². The lowest BCUT2D eigenvalue weighted by Crippen LogP contribution is -2.51. The van der Waals surface area contributed by atoms with Gasteiger partial charge in [0.1, 0.15) is 11.9 Å². The van der Waals surface area contributed by atoms with E-state index in [2.05, 4.69) is 10.6 Å². The van der Waals surface area contributed by atoms with Crippen molar-refractivity contribution < 1.29 is 9.59 Å². The third-order valence-corrected chi connectivity index (χ3v) is 6.27. The largest absolute Gasteiger partial charge is 0.340 e. The number of nitrogens with zero attached hydrogens (tertiary/aromatic N) is 2. The lowest BCUT2D eigenvalue weighted by molar-refractivity contribution is -0.118. The molecule has 3 aromatic carbocycles. The highest BCUT2D eigenvalue weighted by Crippen LogP contribution is 2.38. The highest BCUT2D eigenvalue weighted by atomic mass is 16.2. The van der Waals surface area contributed by atoms with Crippen molar-refractivity contribution in [1.29, 1.82) is 0 Å². The molecule has 2 atom stereocenters. The van der Waals surface area contributed by atoms with E-state index < -0.39 is 6.04 Å². The molecule has 1 aliphatic heterocycles. The lowest BCUT2D eigenvalue weighted by atomic mass is 9.82. The number of carbonyl (C=O) groups excluding carboxylic acids is 2. The topological polar surface area (TPSA) is 76.0 Å². The summed E-state index contributed by atoms with van der Waals surface area (Å²) in [7, 11) is 0. The number of hydrogen-bond donors (Lipinski definition) is 2. The second-order valence-electron chi connectivity index (χ2n) is 8.70. The van der Waals surface area contributed by atoms with Crippen molar-refractivity contribution in [3.63, 3.8) is 0 Å². The van der Waals surface area contributed by atoms with Crippen LogP contribution in [0.15, 0.2) is 84.9 Å². The molecule has 6 nitrogen and oxygen atoms in total. The van der Waals surface area contributed by atoms with Crippen molar-refractivity contribution in [2.75, 3.05) is 5.32 Å². The van der Waals surface area contributed by atoms with E-state index in [4.69, 9.17) is 5.10 Å². The molecule has 0 saturated carbocycles. The minimum Gasteiger partial charge on any atom is -0.340 e. The number of amides is 2. The van der Waals surface area contributed by atoms with Crippen molar-refractivity contribution in [2.45, 2.75) is 32.2 Å². The van der Waals surface area contributed by atoms with Gasteiger partial charge in [0, 0.05) is 17.0 Å². The molecule has 6 heteroatoms. The zero-order valence-electron chi connectivity index (χ0n) is 19.2. The Labute approximate surface area is 198 Å². The molecule has 0 fully saturated rings. The number of nitrogens with one attached hydrogen (secondary N) is 2. The van der Waals surface area contributed by atoms with Gasteiger partial charge in [-0.3, -0.25) is 9.59 Å². The Morgan fingerprint density at radius 1 is 0.971 bits per heavy atom. The molecule has 1 aliphatic rings. The van der Waals surface area contributed by atoms with Gasteiger partial charge < -0.3 is 10.6 Å². The standard InChI is InChI=1S/C28H26N4O2/c1-18-10-9-13-21(16-18)27(33)29-25-23(17-20-11-5-3-6-12-20)24-19(2)31-32(26(24)30-28(25)34)22-14-7-4-8-15-22/h3-16,23,25H,17H2,1-2H3,(H,29,33)(H,30,34)/t23-,25-/m0/s1. The molecule has 34 heavy (non-hydrogen) atoms. The van der Waals surface area contributed by atoms with E-state index in [9.17, 15) is 9.59 Å². The van der Waals surface area contributed by atoms with Gasteiger partial charge in [0.05, 0.1) is 11.4 Å². The summed E-state index contributed by atoms with van der Waals surface area (Å²) in [4.78, 5) is 26.5. The molecule has 1 aromatic heterocycles. The number of rotatable bonds is 5. The maximum absolute atomic E-state index is 13.4. The maximum Gasteiger partial charge on any atom is 0.251 e. The van der Waals surface area contributed by atoms with Crippen molar-refractivity contribution in [3.05, 3.63) is 113 Å². The second-order valence-corrected chi connectivity index (χ2v) is 8.70.